The minimum absolute atomic E-state index is 0.602. The van der Waals surface area contributed by atoms with Gasteiger partial charge in [0.15, 0.2) is 0 Å². The summed E-state index contributed by atoms with van der Waals surface area (Å²) in [6, 6.07) is 0. The lowest BCUT2D eigenvalue weighted by atomic mass is 10.1. The first-order valence-corrected chi connectivity index (χ1v) is 3.95. The summed E-state index contributed by atoms with van der Waals surface area (Å²) in [4.78, 5) is 0. The molecule has 0 heterocycles. The molecule has 0 spiro atoms. The molecule has 0 unspecified atom stereocenters. The third-order valence-corrected chi connectivity index (χ3v) is 4.01. The monoisotopic (exact) mass is 128 g/mol. The average Bonchev–Trinajstić information content (AvgIpc) is 2.23. The molecule has 3 atom stereocenters. The normalized spacial score (nSPS) is 73.9. The minimum Gasteiger partial charge on any atom is -0.122 e. The molecule has 4 saturated carbocycles. The number of halogens is 1. The maximum absolute atomic E-state index is 6.10. The molecule has 44 valence electrons. The SMILES string of the molecule is Cl[C@@H]1C2C[C@H]3C1[C@@H]3C2. The molecule has 0 N–H and O–H groups in total. The summed E-state index contributed by atoms with van der Waals surface area (Å²) in [5.74, 6) is 4.13. The van der Waals surface area contributed by atoms with Gasteiger partial charge in [0.2, 0.25) is 0 Å². The highest BCUT2D eigenvalue weighted by atomic mass is 35.5. The maximum Gasteiger partial charge on any atom is 0.0398 e. The summed E-state index contributed by atoms with van der Waals surface area (Å²) in [7, 11) is 0. The number of hydrogen-bond donors (Lipinski definition) is 0. The summed E-state index contributed by atoms with van der Waals surface area (Å²) in [5, 5.41) is 0.602. The van der Waals surface area contributed by atoms with E-state index in [0.29, 0.717) is 5.38 Å². The third-order valence-electron chi connectivity index (χ3n) is 3.37. The molecule has 0 aliphatic heterocycles. The predicted octanol–water partition coefficient (Wildman–Crippen LogP) is 1.88. The lowest BCUT2D eigenvalue weighted by molar-refractivity contribution is 0.610. The van der Waals surface area contributed by atoms with Gasteiger partial charge < -0.3 is 0 Å². The van der Waals surface area contributed by atoms with Crippen LogP contribution >= 0.6 is 11.6 Å². The third kappa shape index (κ3) is 0.255. The predicted molar refractivity (Wildman–Crippen MR) is 32.8 cm³/mol. The van der Waals surface area contributed by atoms with Crippen molar-refractivity contribution in [1.29, 1.82) is 0 Å². The molecule has 4 aliphatic rings. The van der Waals surface area contributed by atoms with Crippen LogP contribution in [0.5, 0.6) is 0 Å². The van der Waals surface area contributed by atoms with E-state index >= 15 is 0 Å². The summed E-state index contributed by atoms with van der Waals surface area (Å²) < 4.78 is 0. The molecule has 4 rings (SSSR count). The van der Waals surface area contributed by atoms with Crippen molar-refractivity contribution in [1.82, 2.24) is 0 Å². The van der Waals surface area contributed by atoms with Crippen LogP contribution < -0.4 is 0 Å². The number of rotatable bonds is 0. The van der Waals surface area contributed by atoms with Crippen LogP contribution in [0.4, 0.5) is 0 Å². The molecule has 1 heteroatoms. The zero-order valence-electron chi connectivity index (χ0n) is 4.68. The van der Waals surface area contributed by atoms with E-state index in [0.717, 1.165) is 23.7 Å². The first-order valence-electron chi connectivity index (χ1n) is 3.52. The Morgan fingerprint density at radius 1 is 1.12 bits per heavy atom. The van der Waals surface area contributed by atoms with Gasteiger partial charge in [0.1, 0.15) is 0 Å². The fraction of sp³-hybridized carbons (Fsp3) is 1.00. The van der Waals surface area contributed by atoms with Crippen LogP contribution in [0.25, 0.3) is 0 Å². The zero-order chi connectivity index (χ0) is 5.30. The lowest BCUT2D eigenvalue weighted by Crippen LogP contribution is -2.01. The molecular weight excluding hydrogens is 120 g/mol. The highest BCUT2D eigenvalue weighted by molar-refractivity contribution is 6.21. The Kier molecular flexibility index (Phi) is 0.502. The second kappa shape index (κ2) is 0.965. The lowest BCUT2D eigenvalue weighted by Gasteiger charge is -2.01. The summed E-state index contributed by atoms with van der Waals surface area (Å²) in [6.07, 6.45) is 2.95. The van der Waals surface area contributed by atoms with Crippen LogP contribution in [0, 0.1) is 23.7 Å². The topological polar surface area (TPSA) is 0 Å². The van der Waals surface area contributed by atoms with Crippen molar-refractivity contribution in [3.63, 3.8) is 0 Å². The van der Waals surface area contributed by atoms with Crippen LogP contribution in [0.1, 0.15) is 12.8 Å². The van der Waals surface area contributed by atoms with Gasteiger partial charge >= 0.3 is 0 Å². The van der Waals surface area contributed by atoms with E-state index < -0.39 is 0 Å². The van der Waals surface area contributed by atoms with Gasteiger partial charge in [0, 0.05) is 5.38 Å². The second-order valence-electron chi connectivity index (χ2n) is 3.58. The Morgan fingerprint density at radius 2 is 1.75 bits per heavy atom. The van der Waals surface area contributed by atoms with Crippen LogP contribution in [0.15, 0.2) is 0 Å². The Balaban J connectivity index is 2.10. The van der Waals surface area contributed by atoms with Gasteiger partial charge in [-0.05, 0) is 36.5 Å². The largest absolute Gasteiger partial charge is 0.122 e. The van der Waals surface area contributed by atoms with Gasteiger partial charge in [-0.2, -0.15) is 0 Å². The first-order chi connectivity index (χ1) is 3.88. The maximum atomic E-state index is 6.10. The molecule has 0 amide bonds. The van der Waals surface area contributed by atoms with E-state index in [1.54, 1.807) is 0 Å². The van der Waals surface area contributed by atoms with Crippen LogP contribution in [0.2, 0.25) is 0 Å². The molecule has 4 bridgehead atoms. The van der Waals surface area contributed by atoms with Crippen molar-refractivity contribution >= 4 is 11.6 Å². The van der Waals surface area contributed by atoms with Gasteiger partial charge in [-0.15, -0.1) is 11.6 Å². The Morgan fingerprint density at radius 3 is 1.88 bits per heavy atom. The summed E-state index contributed by atoms with van der Waals surface area (Å²) >= 11 is 6.10. The molecule has 0 aromatic heterocycles. The molecule has 0 nitrogen and oxygen atoms in total. The fourth-order valence-corrected chi connectivity index (χ4v) is 3.56. The van der Waals surface area contributed by atoms with Crippen molar-refractivity contribution in [3.8, 4) is 0 Å². The molecule has 0 aromatic rings. The molecular formula is C7H9Cl. The van der Waals surface area contributed by atoms with Crippen LogP contribution in [-0.4, -0.2) is 5.38 Å². The van der Waals surface area contributed by atoms with Gasteiger partial charge in [0.25, 0.3) is 0 Å². The number of alkyl halides is 1. The molecule has 0 saturated heterocycles. The van der Waals surface area contributed by atoms with Crippen LogP contribution in [0.3, 0.4) is 0 Å². The zero-order valence-corrected chi connectivity index (χ0v) is 5.43. The van der Waals surface area contributed by atoms with Gasteiger partial charge in [-0.25, -0.2) is 0 Å². The van der Waals surface area contributed by atoms with Gasteiger partial charge in [-0.3, -0.25) is 0 Å². The smallest absolute Gasteiger partial charge is 0.0398 e. The highest BCUT2D eigenvalue weighted by Crippen LogP contribution is 2.71. The Hall–Kier alpha value is 0.290. The van der Waals surface area contributed by atoms with E-state index in [9.17, 15) is 0 Å². The van der Waals surface area contributed by atoms with Crippen molar-refractivity contribution in [3.05, 3.63) is 0 Å². The van der Waals surface area contributed by atoms with E-state index in [1.807, 2.05) is 0 Å². The Bertz CT molecular complexity index is 129. The standard InChI is InChI=1S/C7H9Cl/c8-7-3-1-4-5(2-3)6(4)7/h3-7H,1-2H2/t3?,4-,5-,6?,7-/m1/s1. The van der Waals surface area contributed by atoms with Gasteiger partial charge in [0.05, 0.1) is 0 Å². The summed E-state index contributed by atoms with van der Waals surface area (Å²) in [6.45, 7) is 0. The second-order valence-corrected chi connectivity index (χ2v) is 4.08. The van der Waals surface area contributed by atoms with Crippen molar-refractivity contribution in [2.24, 2.45) is 23.7 Å². The van der Waals surface area contributed by atoms with Crippen LogP contribution in [-0.2, 0) is 0 Å². The van der Waals surface area contributed by atoms with Crippen molar-refractivity contribution in [2.45, 2.75) is 18.2 Å². The molecule has 4 aliphatic carbocycles. The minimum atomic E-state index is 0.602. The summed E-state index contributed by atoms with van der Waals surface area (Å²) in [5.41, 5.74) is 0. The molecule has 8 heavy (non-hydrogen) atoms. The molecule has 0 radical (unpaired) electrons. The van der Waals surface area contributed by atoms with E-state index in [-0.39, 0.29) is 0 Å². The average molecular weight is 129 g/mol. The Labute approximate surface area is 54.2 Å². The fourth-order valence-electron chi connectivity index (χ4n) is 2.98. The van der Waals surface area contributed by atoms with Gasteiger partial charge in [-0.1, -0.05) is 0 Å². The van der Waals surface area contributed by atoms with E-state index in [1.165, 1.54) is 12.8 Å². The first kappa shape index (κ1) is 4.16. The molecule has 4 fully saturated rings. The highest BCUT2D eigenvalue weighted by Gasteiger charge is 2.67. The molecule has 0 aromatic carbocycles. The van der Waals surface area contributed by atoms with E-state index in [2.05, 4.69) is 0 Å². The van der Waals surface area contributed by atoms with Crippen molar-refractivity contribution in [2.75, 3.05) is 0 Å². The van der Waals surface area contributed by atoms with E-state index in [4.69, 9.17) is 11.6 Å². The quantitative estimate of drug-likeness (QED) is 0.437. The van der Waals surface area contributed by atoms with Crippen molar-refractivity contribution < 1.29 is 0 Å². The number of hydrogen-bond acceptors (Lipinski definition) is 0.